The Morgan fingerprint density at radius 2 is 2.17 bits per heavy atom. The van der Waals surface area contributed by atoms with Crippen LogP contribution in [-0.2, 0) is 0 Å². The molecule has 1 amide bonds. The van der Waals surface area contributed by atoms with Crippen LogP contribution in [0.15, 0.2) is 55.0 Å². The van der Waals surface area contributed by atoms with E-state index in [1.807, 2.05) is 30.3 Å². The van der Waals surface area contributed by atoms with Crippen molar-refractivity contribution in [3.8, 4) is 0 Å². The molecule has 24 heavy (non-hydrogen) atoms. The van der Waals surface area contributed by atoms with Gasteiger partial charge in [-0.15, -0.1) is 21.5 Å². The van der Waals surface area contributed by atoms with E-state index in [1.165, 1.54) is 17.7 Å². The number of nitrogens with one attached hydrogen (secondary N) is 1. The molecule has 0 radical (unpaired) electrons. The number of aliphatic hydroxyl groups excluding tert-OH is 1. The number of aromatic nitrogens is 3. The minimum atomic E-state index is -0.731. The molecule has 1 aromatic carbocycles. The van der Waals surface area contributed by atoms with Gasteiger partial charge in [0.05, 0.1) is 5.56 Å². The molecule has 4 rings (SSSR count). The van der Waals surface area contributed by atoms with Gasteiger partial charge in [-0.25, -0.2) is 0 Å². The van der Waals surface area contributed by atoms with Gasteiger partial charge in [-0.1, -0.05) is 18.2 Å². The number of hydrogen-bond donors (Lipinski definition) is 2. The zero-order valence-electron chi connectivity index (χ0n) is 12.6. The smallest absolute Gasteiger partial charge is 0.252 e. The lowest BCUT2D eigenvalue weighted by molar-refractivity contribution is 0.0917. The summed E-state index contributed by atoms with van der Waals surface area (Å²) in [5.74, 6) is -0.245. The van der Waals surface area contributed by atoms with E-state index in [2.05, 4.69) is 15.5 Å². The van der Waals surface area contributed by atoms with Crippen LogP contribution >= 0.6 is 11.3 Å². The second-order valence-corrected chi connectivity index (χ2v) is 6.54. The lowest BCUT2D eigenvalue weighted by Gasteiger charge is -2.10. The van der Waals surface area contributed by atoms with E-state index in [4.69, 9.17) is 0 Å². The Labute approximate surface area is 141 Å². The molecule has 0 saturated carbocycles. The predicted octanol–water partition coefficient (Wildman–Crippen LogP) is 2.41. The zero-order chi connectivity index (χ0) is 16.5. The van der Waals surface area contributed by atoms with Crippen LogP contribution in [0.1, 0.15) is 21.3 Å². The molecule has 4 aromatic rings. The van der Waals surface area contributed by atoms with Crippen LogP contribution < -0.4 is 5.32 Å². The van der Waals surface area contributed by atoms with Gasteiger partial charge in [-0.3, -0.25) is 9.20 Å². The number of benzene rings is 1. The lowest BCUT2D eigenvalue weighted by Crippen LogP contribution is -2.28. The van der Waals surface area contributed by atoms with E-state index >= 15 is 0 Å². The molecule has 1 unspecified atom stereocenters. The molecule has 0 fully saturated rings. The second kappa shape index (κ2) is 6.03. The normalized spacial score (nSPS) is 12.5. The summed E-state index contributed by atoms with van der Waals surface area (Å²) in [6.45, 7) is 0.159. The van der Waals surface area contributed by atoms with Crippen molar-refractivity contribution in [2.75, 3.05) is 6.54 Å². The SMILES string of the molecule is O=C(NCC(O)c1cc2ccccc2s1)c1ccc2nncn2c1. The molecule has 7 heteroatoms. The Balaban J connectivity index is 1.45. The Hall–Kier alpha value is -2.77. The quantitative estimate of drug-likeness (QED) is 0.599. The standard InChI is InChI=1S/C17H14N4O2S/c22-13(15-7-11-3-1-2-4-14(11)24-15)8-18-17(23)12-5-6-16-20-19-10-21(16)9-12/h1-7,9-10,13,22H,8H2,(H,18,23). The molecule has 3 aromatic heterocycles. The number of amides is 1. The van der Waals surface area contributed by atoms with Gasteiger partial charge >= 0.3 is 0 Å². The highest BCUT2D eigenvalue weighted by molar-refractivity contribution is 7.19. The van der Waals surface area contributed by atoms with Crippen LogP contribution in [0.5, 0.6) is 0 Å². The van der Waals surface area contributed by atoms with Crippen molar-refractivity contribution in [3.05, 3.63) is 65.4 Å². The fourth-order valence-corrected chi connectivity index (χ4v) is 3.57. The Bertz CT molecular complexity index is 990. The Kier molecular flexibility index (Phi) is 3.72. The Morgan fingerprint density at radius 1 is 1.29 bits per heavy atom. The second-order valence-electron chi connectivity index (χ2n) is 5.43. The van der Waals surface area contributed by atoms with Crippen LogP contribution in [0, 0.1) is 0 Å². The molecular formula is C17H14N4O2S. The fourth-order valence-electron chi connectivity index (χ4n) is 2.52. The van der Waals surface area contributed by atoms with Gasteiger partial charge in [0.15, 0.2) is 5.65 Å². The predicted molar refractivity (Wildman–Crippen MR) is 92.1 cm³/mol. The maximum absolute atomic E-state index is 12.2. The third kappa shape index (κ3) is 2.75. The minimum Gasteiger partial charge on any atom is -0.386 e. The molecular weight excluding hydrogens is 324 g/mol. The average molecular weight is 338 g/mol. The van der Waals surface area contributed by atoms with Gasteiger partial charge in [0, 0.05) is 22.3 Å². The van der Waals surface area contributed by atoms with Crippen molar-refractivity contribution in [3.63, 3.8) is 0 Å². The number of carbonyl (C=O) groups excluding carboxylic acids is 1. The number of aliphatic hydroxyl groups is 1. The molecule has 3 heterocycles. The summed E-state index contributed by atoms with van der Waals surface area (Å²) in [4.78, 5) is 13.1. The van der Waals surface area contributed by atoms with Crippen LogP contribution in [0.25, 0.3) is 15.7 Å². The van der Waals surface area contributed by atoms with Crippen LogP contribution in [0.3, 0.4) is 0 Å². The highest BCUT2D eigenvalue weighted by Crippen LogP contribution is 2.29. The molecule has 0 aliphatic heterocycles. The largest absolute Gasteiger partial charge is 0.386 e. The van der Waals surface area contributed by atoms with Crippen LogP contribution in [-0.4, -0.2) is 32.2 Å². The first-order valence-corrected chi connectivity index (χ1v) is 8.26. The van der Waals surface area contributed by atoms with Gasteiger partial charge in [0.25, 0.3) is 5.91 Å². The summed E-state index contributed by atoms with van der Waals surface area (Å²) >= 11 is 1.53. The molecule has 0 aliphatic rings. The fraction of sp³-hybridized carbons (Fsp3) is 0.118. The summed E-state index contributed by atoms with van der Waals surface area (Å²) in [7, 11) is 0. The topological polar surface area (TPSA) is 79.5 Å². The number of rotatable bonds is 4. The van der Waals surface area contributed by atoms with Crippen molar-refractivity contribution in [1.82, 2.24) is 19.9 Å². The first kappa shape index (κ1) is 14.8. The molecule has 0 aliphatic carbocycles. The van der Waals surface area contributed by atoms with Crippen LogP contribution in [0.4, 0.5) is 0 Å². The van der Waals surface area contributed by atoms with Gasteiger partial charge in [-0.05, 0) is 29.7 Å². The van der Waals surface area contributed by atoms with Gasteiger partial charge in [0.1, 0.15) is 12.4 Å². The maximum atomic E-state index is 12.2. The van der Waals surface area contributed by atoms with E-state index in [0.29, 0.717) is 11.2 Å². The van der Waals surface area contributed by atoms with Gasteiger partial charge in [-0.2, -0.15) is 0 Å². The van der Waals surface area contributed by atoms with E-state index < -0.39 is 6.10 Å². The zero-order valence-corrected chi connectivity index (χ0v) is 13.4. The van der Waals surface area contributed by atoms with Crippen molar-refractivity contribution in [2.24, 2.45) is 0 Å². The van der Waals surface area contributed by atoms with Gasteiger partial charge in [0.2, 0.25) is 0 Å². The number of fused-ring (bicyclic) bond motifs is 2. The molecule has 0 bridgehead atoms. The lowest BCUT2D eigenvalue weighted by atomic mass is 10.2. The summed E-state index contributed by atoms with van der Waals surface area (Å²) < 4.78 is 2.80. The van der Waals surface area contributed by atoms with Crippen molar-refractivity contribution >= 4 is 33.0 Å². The third-order valence-corrected chi connectivity index (χ3v) is 5.00. The first-order valence-electron chi connectivity index (χ1n) is 7.45. The first-order chi connectivity index (χ1) is 11.7. The van der Waals surface area contributed by atoms with Crippen molar-refractivity contribution in [2.45, 2.75) is 6.10 Å². The summed E-state index contributed by atoms with van der Waals surface area (Å²) in [5.41, 5.74) is 1.17. The maximum Gasteiger partial charge on any atom is 0.252 e. The van der Waals surface area contributed by atoms with E-state index in [-0.39, 0.29) is 12.5 Å². The molecule has 6 nitrogen and oxygen atoms in total. The number of hydrogen-bond acceptors (Lipinski definition) is 5. The Morgan fingerprint density at radius 3 is 3.04 bits per heavy atom. The molecule has 0 saturated heterocycles. The molecule has 0 spiro atoms. The minimum absolute atomic E-state index is 0.159. The number of carbonyl (C=O) groups is 1. The van der Waals surface area contributed by atoms with Gasteiger partial charge < -0.3 is 10.4 Å². The summed E-state index contributed by atoms with van der Waals surface area (Å²) in [6.07, 6.45) is 2.47. The van der Waals surface area contributed by atoms with E-state index in [0.717, 1.165) is 15.0 Å². The van der Waals surface area contributed by atoms with E-state index in [1.54, 1.807) is 22.7 Å². The number of nitrogens with zero attached hydrogens (tertiary/aromatic N) is 3. The molecule has 2 N–H and O–H groups in total. The van der Waals surface area contributed by atoms with E-state index in [9.17, 15) is 9.90 Å². The van der Waals surface area contributed by atoms with Crippen molar-refractivity contribution < 1.29 is 9.90 Å². The monoisotopic (exact) mass is 338 g/mol. The summed E-state index contributed by atoms with van der Waals surface area (Å²) in [5, 5.41) is 21.9. The highest BCUT2D eigenvalue weighted by Gasteiger charge is 2.14. The molecule has 1 atom stereocenters. The third-order valence-electron chi connectivity index (χ3n) is 3.78. The van der Waals surface area contributed by atoms with Crippen molar-refractivity contribution in [1.29, 1.82) is 0 Å². The average Bonchev–Trinajstić information content (AvgIpc) is 3.24. The summed E-state index contributed by atoms with van der Waals surface area (Å²) in [6, 6.07) is 13.3. The number of pyridine rings is 1. The molecule has 120 valence electrons. The van der Waals surface area contributed by atoms with Crippen LogP contribution in [0.2, 0.25) is 0 Å². The highest BCUT2D eigenvalue weighted by atomic mass is 32.1. The number of thiophene rings is 1.